The minimum absolute atomic E-state index is 0.117. The smallest absolute Gasteiger partial charge is 0.408 e. The quantitative estimate of drug-likeness (QED) is 0.474. The predicted octanol–water partition coefficient (Wildman–Crippen LogP) is 5.38. The van der Waals surface area contributed by atoms with Crippen LogP contribution in [0, 0.1) is 5.92 Å². The van der Waals surface area contributed by atoms with Crippen LogP contribution in [0.4, 0.5) is 4.79 Å². The van der Waals surface area contributed by atoms with E-state index in [0.717, 1.165) is 6.42 Å². The lowest BCUT2D eigenvalue weighted by Gasteiger charge is -2.38. The van der Waals surface area contributed by atoms with E-state index in [1.807, 2.05) is 74.5 Å². The van der Waals surface area contributed by atoms with Gasteiger partial charge in [-0.3, -0.25) is 9.59 Å². The van der Waals surface area contributed by atoms with E-state index in [4.69, 9.17) is 4.74 Å². The van der Waals surface area contributed by atoms with E-state index < -0.39 is 29.1 Å². The van der Waals surface area contributed by atoms with E-state index in [2.05, 4.69) is 5.32 Å². The number of ether oxygens (including phenoxy) is 1. The number of amides is 2. The summed E-state index contributed by atoms with van der Waals surface area (Å²) in [6, 6.07) is 17.4. The van der Waals surface area contributed by atoms with Gasteiger partial charge < -0.3 is 20.1 Å². The number of carboxylic acids is 1. The van der Waals surface area contributed by atoms with E-state index in [9.17, 15) is 19.5 Å². The minimum Gasteiger partial charge on any atom is -0.480 e. The van der Waals surface area contributed by atoms with Crippen LogP contribution in [0.3, 0.4) is 0 Å². The van der Waals surface area contributed by atoms with Gasteiger partial charge in [-0.05, 0) is 57.1 Å². The van der Waals surface area contributed by atoms with Gasteiger partial charge in [0.25, 0.3) is 0 Å². The van der Waals surface area contributed by atoms with Crippen molar-refractivity contribution in [1.29, 1.82) is 0 Å². The number of nitrogens with one attached hydrogen (secondary N) is 1. The second-order valence-electron chi connectivity index (χ2n) is 11.0. The molecular weight excluding hydrogens is 468 g/mol. The molecule has 7 heteroatoms. The van der Waals surface area contributed by atoms with Gasteiger partial charge in [0.2, 0.25) is 5.91 Å². The standard InChI is InChI=1S/C30H40N2O5/c1-6-21(2)25(31-28(36)37-29(3,4)5)26(33)32-19-13-18-24(32)20-30(27(34)35,22-14-9-7-10-15-22)23-16-11-8-12-17-23/h7-12,14-17,21,24-25H,6,13,18-20H2,1-5H3,(H,31,36)(H,34,35)/t21?,24?,25-/m0/s1. The minimum atomic E-state index is -1.32. The molecule has 1 fully saturated rings. The number of carbonyl (C=O) groups is 3. The molecule has 0 spiro atoms. The monoisotopic (exact) mass is 508 g/mol. The Bertz CT molecular complexity index is 1020. The maximum atomic E-state index is 13.9. The molecule has 0 saturated carbocycles. The summed E-state index contributed by atoms with van der Waals surface area (Å²) in [5.41, 5.74) is -0.646. The number of rotatable bonds is 9. The molecule has 0 aliphatic carbocycles. The van der Waals surface area contributed by atoms with Crippen molar-refractivity contribution >= 4 is 18.0 Å². The Morgan fingerprint density at radius 2 is 1.57 bits per heavy atom. The van der Waals surface area contributed by atoms with E-state index in [0.29, 0.717) is 30.5 Å². The zero-order chi connectivity index (χ0) is 27.2. The molecule has 1 heterocycles. The zero-order valence-corrected chi connectivity index (χ0v) is 22.6. The lowest BCUT2D eigenvalue weighted by molar-refractivity contribution is -0.144. The maximum Gasteiger partial charge on any atom is 0.408 e. The molecule has 2 N–H and O–H groups in total. The van der Waals surface area contributed by atoms with Crippen LogP contribution in [-0.4, -0.2) is 52.2 Å². The summed E-state index contributed by atoms with van der Waals surface area (Å²) < 4.78 is 5.43. The Morgan fingerprint density at radius 1 is 1.03 bits per heavy atom. The third-order valence-corrected chi connectivity index (χ3v) is 7.25. The molecule has 2 amide bonds. The molecule has 37 heavy (non-hydrogen) atoms. The van der Waals surface area contributed by atoms with Crippen LogP contribution < -0.4 is 5.32 Å². The van der Waals surface area contributed by atoms with Gasteiger partial charge in [-0.1, -0.05) is 80.9 Å². The largest absolute Gasteiger partial charge is 0.480 e. The fourth-order valence-corrected chi connectivity index (χ4v) is 5.17. The highest BCUT2D eigenvalue weighted by molar-refractivity contribution is 5.88. The first kappa shape index (κ1) is 28.2. The van der Waals surface area contributed by atoms with Crippen LogP contribution >= 0.6 is 0 Å². The number of carbonyl (C=O) groups excluding carboxylic acids is 2. The molecule has 1 aliphatic rings. The van der Waals surface area contributed by atoms with Gasteiger partial charge in [-0.15, -0.1) is 0 Å². The van der Waals surface area contributed by atoms with E-state index in [1.165, 1.54) is 0 Å². The van der Waals surface area contributed by atoms with Gasteiger partial charge in [0.1, 0.15) is 17.1 Å². The lowest BCUT2D eigenvalue weighted by atomic mass is 9.70. The molecule has 0 radical (unpaired) electrons. The molecule has 1 aliphatic heterocycles. The van der Waals surface area contributed by atoms with Crippen molar-refractivity contribution in [3.8, 4) is 0 Å². The molecule has 3 rings (SSSR count). The number of nitrogens with zero attached hydrogens (tertiary/aromatic N) is 1. The van der Waals surface area contributed by atoms with Crippen molar-refractivity contribution in [2.24, 2.45) is 5.92 Å². The average molecular weight is 509 g/mol. The number of benzene rings is 2. The molecule has 0 aromatic heterocycles. The Labute approximate surface area is 220 Å². The van der Waals surface area contributed by atoms with Crippen molar-refractivity contribution in [2.75, 3.05) is 6.54 Å². The SMILES string of the molecule is CCC(C)[C@H](NC(=O)OC(C)(C)C)C(=O)N1CCCC1CC(C(=O)O)(c1ccccc1)c1ccccc1. The second-order valence-corrected chi connectivity index (χ2v) is 11.0. The number of aliphatic carboxylic acids is 1. The van der Waals surface area contributed by atoms with E-state index in [1.54, 1.807) is 25.7 Å². The molecule has 2 unspecified atom stereocenters. The first-order valence-corrected chi connectivity index (χ1v) is 13.1. The van der Waals surface area contributed by atoms with Gasteiger partial charge in [-0.25, -0.2) is 4.79 Å². The molecular formula is C30H40N2O5. The van der Waals surface area contributed by atoms with Gasteiger partial charge >= 0.3 is 12.1 Å². The third kappa shape index (κ3) is 6.51. The van der Waals surface area contributed by atoms with Crippen molar-refractivity contribution < 1.29 is 24.2 Å². The summed E-state index contributed by atoms with van der Waals surface area (Å²) in [6.45, 7) is 9.76. The molecule has 2 aromatic rings. The van der Waals surface area contributed by atoms with Gasteiger partial charge in [0.05, 0.1) is 0 Å². The summed E-state index contributed by atoms with van der Waals surface area (Å²) in [5.74, 6) is -1.26. The predicted molar refractivity (Wildman–Crippen MR) is 143 cm³/mol. The zero-order valence-electron chi connectivity index (χ0n) is 22.6. The number of likely N-dealkylation sites (tertiary alicyclic amines) is 1. The van der Waals surface area contributed by atoms with Crippen molar-refractivity contribution in [3.63, 3.8) is 0 Å². The topological polar surface area (TPSA) is 95.9 Å². The number of alkyl carbamates (subject to hydrolysis) is 1. The first-order valence-electron chi connectivity index (χ1n) is 13.1. The normalized spacial score (nSPS) is 17.6. The second kappa shape index (κ2) is 11.8. The number of hydrogen-bond acceptors (Lipinski definition) is 4. The van der Waals surface area contributed by atoms with Gasteiger partial charge in [-0.2, -0.15) is 0 Å². The summed E-state index contributed by atoms with van der Waals surface area (Å²) in [5, 5.41) is 13.5. The van der Waals surface area contributed by atoms with Crippen LogP contribution in [0.2, 0.25) is 0 Å². The molecule has 2 aromatic carbocycles. The van der Waals surface area contributed by atoms with Crippen LogP contribution in [0.15, 0.2) is 60.7 Å². The molecule has 7 nitrogen and oxygen atoms in total. The Hall–Kier alpha value is -3.35. The Balaban J connectivity index is 1.96. The Morgan fingerprint density at radius 3 is 2.03 bits per heavy atom. The maximum absolute atomic E-state index is 13.9. The Kier molecular flexibility index (Phi) is 9.00. The fraction of sp³-hybridized carbons (Fsp3) is 0.500. The molecule has 1 saturated heterocycles. The summed E-state index contributed by atoms with van der Waals surface area (Å²) in [4.78, 5) is 41.3. The van der Waals surface area contributed by atoms with Crippen molar-refractivity contribution in [3.05, 3.63) is 71.8 Å². The summed E-state index contributed by atoms with van der Waals surface area (Å²) >= 11 is 0. The molecule has 3 atom stereocenters. The van der Waals surface area contributed by atoms with E-state index in [-0.39, 0.29) is 24.3 Å². The summed E-state index contributed by atoms with van der Waals surface area (Å²) in [7, 11) is 0. The van der Waals surface area contributed by atoms with Crippen molar-refractivity contribution in [2.45, 2.75) is 83.4 Å². The average Bonchev–Trinajstić information content (AvgIpc) is 3.33. The van der Waals surface area contributed by atoms with Crippen LogP contribution in [0.25, 0.3) is 0 Å². The molecule has 0 bridgehead atoms. The third-order valence-electron chi connectivity index (χ3n) is 7.25. The summed E-state index contributed by atoms with van der Waals surface area (Å²) in [6.07, 6.45) is 1.77. The highest BCUT2D eigenvalue weighted by Crippen LogP contribution is 2.40. The van der Waals surface area contributed by atoms with E-state index >= 15 is 0 Å². The highest BCUT2D eigenvalue weighted by Gasteiger charge is 2.47. The number of carboxylic acid groups (broad SMARTS) is 1. The van der Waals surface area contributed by atoms with Gasteiger partial charge in [0.15, 0.2) is 0 Å². The number of hydrogen-bond donors (Lipinski definition) is 2. The first-order chi connectivity index (χ1) is 17.5. The fourth-order valence-electron chi connectivity index (χ4n) is 5.17. The van der Waals surface area contributed by atoms with Gasteiger partial charge in [0, 0.05) is 12.6 Å². The molecule has 200 valence electrons. The van der Waals surface area contributed by atoms with Crippen LogP contribution in [-0.2, 0) is 19.7 Å². The van der Waals surface area contributed by atoms with Crippen molar-refractivity contribution in [1.82, 2.24) is 10.2 Å². The highest BCUT2D eigenvalue weighted by atomic mass is 16.6. The van der Waals surface area contributed by atoms with Crippen LogP contribution in [0.1, 0.15) is 71.4 Å². The lowest BCUT2D eigenvalue weighted by Crippen LogP contribution is -2.54. The van der Waals surface area contributed by atoms with Crippen LogP contribution in [0.5, 0.6) is 0 Å².